The first-order chi connectivity index (χ1) is 11.1. The van der Waals surface area contributed by atoms with Crippen molar-refractivity contribution in [3.05, 3.63) is 65.2 Å². The molecule has 1 N–H and O–H groups in total. The molecule has 3 nitrogen and oxygen atoms in total. The van der Waals surface area contributed by atoms with Gasteiger partial charge in [0.05, 0.1) is 12.7 Å². The topological polar surface area (TPSA) is 42.2 Å². The smallest absolute Gasteiger partial charge is 0.228 e. The van der Waals surface area contributed by atoms with E-state index in [-0.39, 0.29) is 18.1 Å². The van der Waals surface area contributed by atoms with Crippen molar-refractivity contribution in [3.63, 3.8) is 0 Å². The highest BCUT2D eigenvalue weighted by molar-refractivity contribution is 5.95. The molecule has 23 heavy (non-hydrogen) atoms. The fourth-order valence-electron chi connectivity index (χ4n) is 2.58. The molecule has 3 rings (SSSR count). The average Bonchev–Trinajstić information content (AvgIpc) is 2.93. The standard InChI is InChI=1S/C19H18FNO2/c1-3-13-5-7-16-14(11-23-18(16)8-13)9-19(22)21-17-10-15(20)6-4-12(17)2/h4-8,10-11H,3,9H2,1-2H3,(H,21,22). The number of aryl methyl sites for hydroxylation is 2. The zero-order valence-electron chi connectivity index (χ0n) is 13.2. The Morgan fingerprint density at radius 3 is 2.83 bits per heavy atom. The van der Waals surface area contributed by atoms with Crippen molar-refractivity contribution in [1.82, 2.24) is 0 Å². The lowest BCUT2D eigenvalue weighted by molar-refractivity contribution is -0.115. The highest BCUT2D eigenvalue weighted by atomic mass is 19.1. The van der Waals surface area contributed by atoms with Crippen molar-refractivity contribution in [2.75, 3.05) is 5.32 Å². The van der Waals surface area contributed by atoms with Crippen molar-refractivity contribution in [2.24, 2.45) is 0 Å². The zero-order valence-corrected chi connectivity index (χ0v) is 13.2. The number of halogens is 1. The van der Waals surface area contributed by atoms with E-state index in [4.69, 9.17) is 4.42 Å². The summed E-state index contributed by atoms with van der Waals surface area (Å²) in [5.41, 5.74) is 4.13. The summed E-state index contributed by atoms with van der Waals surface area (Å²) >= 11 is 0. The van der Waals surface area contributed by atoms with Crippen LogP contribution in [0.2, 0.25) is 0 Å². The molecule has 118 valence electrons. The van der Waals surface area contributed by atoms with Crippen LogP contribution in [0.15, 0.2) is 47.1 Å². The molecule has 0 atom stereocenters. The predicted molar refractivity (Wildman–Crippen MR) is 89.1 cm³/mol. The molecule has 0 unspecified atom stereocenters. The number of benzene rings is 2. The second-order valence-corrected chi connectivity index (χ2v) is 5.63. The van der Waals surface area contributed by atoms with Crippen LogP contribution in [0.1, 0.15) is 23.6 Å². The Labute approximate surface area is 134 Å². The van der Waals surface area contributed by atoms with Crippen molar-refractivity contribution < 1.29 is 13.6 Å². The number of amides is 1. The number of furan rings is 1. The first-order valence-corrected chi connectivity index (χ1v) is 7.62. The lowest BCUT2D eigenvalue weighted by Crippen LogP contribution is -2.15. The van der Waals surface area contributed by atoms with Crippen LogP contribution in [0.4, 0.5) is 10.1 Å². The fraction of sp³-hybridized carbons (Fsp3) is 0.211. The minimum absolute atomic E-state index is 0.189. The largest absolute Gasteiger partial charge is 0.464 e. The fourth-order valence-corrected chi connectivity index (χ4v) is 2.58. The second-order valence-electron chi connectivity index (χ2n) is 5.63. The Morgan fingerprint density at radius 1 is 1.22 bits per heavy atom. The Bertz CT molecular complexity index is 867. The van der Waals surface area contributed by atoms with Crippen LogP contribution >= 0.6 is 0 Å². The van der Waals surface area contributed by atoms with E-state index in [1.54, 1.807) is 12.3 Å². The van der Waals surface area contributed by atoms with Gasteiger partial charge in [0.2, 0.25) is 5.91 Å². The van der Waals surface area contributed by atoms with E-state index < -0.39 is 0 Å². The lowest BCUT2D eigenvalue weighted by atomic mass is 10.1. The summed E-state index contributed by atoms with van der Waals surface area (Å²) in [4.78, 5) is 12.2. The van der Waals surface area contributed by atoms with Gasteiger partial charge < -0.3 is 9.73 Å². The molecule has 0 saturated heterocycles. The van der Waals surface area contributed by atoms with Crippen LogP contribution in [-0.4, -0.2) is 5.91 Å². The third kappa shape index (κ3) is 3.26. The first kappa shape index (κ1) is 15.3. The normalized spacial score (nSPS) is 10.9. The Balaban J connectivity index is 1.79. The molecule has 1 heterocycles. The molecule has 2 aromatic carbocycles. The van der Waals surface area contributed by atoms with Gasteiger partial charge >= 0.3 is 0 Å². The number of fused-ring (bicyclic) bond motifs is 1. The molecule has 0 aliphatic rings. The maximum Gasteiger partial charge on any atom is 0.228 e. The molecule has 0 spiro atoms. The molecular formula is C19H18FNO2. The predicted octanol–water partition coefficient (Wildman–Crippen LogP) is 4.62. The minimum Gasteiger partial charge on any atom is -0.464 e. The highest BCUT2D eigenvalue weighted by Crippen LogP contribution is 2.24. The molecule has 0 bridgehead atoms. The third-order valence-electron chi connectivity index (χ3n) is 3.95. The Morgan fingerprint density at radius 2 is 2.04 bits per heavy atom. The van der Waals surface area contributed by atoms with Gasteiger partial charge in [-0.25, -0.2) is 4.39 Å². The monoisotopic (exact) mass is 311 g/mol. The summed E-state index contributed by atoms with van der Waals surface area (Å²) < 4.78 is 18.8. The number of anilines is 1. The number of nitrogens with one attached hydrogen (secondary N) is 1. The van der Waals surface area contributed by atoms with E-state index in [9.17, 15) is 9.18 Å². The molecular weight excluding hydrogens is 293 g/mol. The van der Waals surface area contributed by atoms with Gasteiger partial charge in [-0.15, -0.1) is 0 Å². The van der Waals surface area contributed by atoms with Crippen LogP contribution in [0.3, 0.4) is 0 Å². The molecule has 3 aromatic rings. The van der Waals surface area contributed by atoms with E-state index in [0.29, 0.717) is 5.69 Å². The van der Waals surface area contributed by atoms with Crippen LogP contribution in [-0.2, 0) is 17.6 Å². The van der Waals surface area contributed by atoms with Crippen LogP contribution in [0, 0.1) is 12.7 Å². The highest BCUT2D eigenvalue weighted by Gasteiger charge is 2.12. The van der Waals surface area contributed by atoms with Gasteiger partial charge in [-0.2, -0.15) is 0 Å². The van der Waals surface area contributed by atoms with Crippen molar-refractivity contribution in [1.29, 1.82) is 0 Å². The second kappa shape index (κ2) is 6.24. The van der Waals surface area contributed by atoms with Crippen molar-refractivity contribution >= 4 is 22.6 Å². The molecule has 0 aliphatic heterocycles. The summed E-state index contributed by atoms with van der Waals surface area (Å²) in [5.74, 6) is -0.562. The van der Waals surface area contributed by atoms with E-state index in [2.05, 4.69) is 12.2 Å². The lowest BCUT2D eigenvalue weighted by Gasteiger charge is -2.08. The van der Waals surface area contributed by atoms with Crippen LogP contribution < -0.4 is 5.32 Å². The maximum atomic E-state index is 13.3. The number of carbonyl (C=O) groups excluding carboxylic acids is 1. The van der Waals surface area contributed by atoms with E-state index in [0.717, 1.165) is 28.5 Å². The number of rotatable bonds is 4. The molecule has 0 fully saturated rings. The van der Waals surface area contributed by atoms with E-state index in [1.165, 1.54) is 17.7 Å². The summed E-state index contributed by atoms with van der Waals surface area (Å²) in [7, 11) is 0. The summed E-state index contributed by atoms with van der Waals surface area (Å²) in [6, 6.07) is 10.4. The van der Waals surface area contributed by atoms with E-state index >= 15 is 0 Å². The van der Waals surface area contributed by atoms with Crippen LogP contribution in [0.25, 0.3) is 11.0 Å². The van der Waals surface area contributed by atoms with Gasteiger partial charge in [-0.3, -0.25) is 4.79 Å². The third-order valence-corrected chi connectivity index (χ3v) is 3.95. The molecule has 1 amide bonds. The van der Waals surface area contributed by atoms with Gasteiger partial charge in [-0.05, 0) is 42.7 Å². The zero-order chi connectivity index (χ0) is 16.4. The average molecular weight is 311 g/mol. The van der Waals surface area contributed by atoms with Gasteiger partial charge in [-0.1, -0.05) is 25.1 Å². The molecule has 1 aromatic heterocycles. The molecule has 0 radical (unpaired) electrons. The molecule has 4 heteroatoms. The Hall–Kier alpha value is -2.62. The first-order valence-electron chi connectivity index (χ1n) is 7.62. The number of hydrogen-bond acceptors (Lipinski definition) is 2. The van der Waals surface area contributed by atoms with Crippen LogP contribution in [0.5, 0.6) is 0 Å². The van der Waals surface area contributed by atoms with Crippen molar-refractivity contribution in [3.8, 4) is 0 Å². The van der Waals surface area contributed by atoms with Gasteiger partial charge in [0, 0.05) is 16.6 Å². The minimum atomic E-state index is -0.369. The SMILES string of the molecule is CCc1ccc2c(CC(=O)Nc3cc(F)ccc3C)coc2c1. The molecule has 0 aliphatic carbocycles. The summed E-state index contributed by atoms with van der Waals surface area (Å²) in [5, 5.41) is 3.69. The number of hydrogen-bond donors (Lipinski definition) is 1. The van der Waals surface area contributed by atoms with Gasteiger partial charge in [0.25, 0.3) is 0 Å². The molecule has 0 saturated carbocycles. The summed E-state index contributed by atoms with van der Waals surface area (Å²) in [6.07, 6.45) is 2.74. The van der Waals surface area contributed by atoms with Gasteiger partial charge in [0.1, 0.15) is 11.4 Å². The maximum absolute atomic E-state index is 13.3. The van der Waals surface area contributed by atoms with E-state index in [1.807, 2.05) is 25.1 Å². The van der Waals surface area contributed by atoms with Gasteiger partial charge in [0.15, 0.2) is 0 Å². The quantitative estimate of drug-likeness (QED) is 0.763. The Kier molecular flexibility index (Phi) is 4.15. The summed E-state index contributed by atoms with van der Waals surface area (Å²) in [6.45, 7) is 3.91. The number of carbonyl (C=O) groups is 1. The van der Waals surface area contributed by atoms with Crippen molar-refractivity contribution in [2.45, 2.75) is 26.7 Å².